The summed E-state index contributed by atoms with van der Waals surface area (Å²) >= 11 is 0. The third-order valence-electron chi connectivity index (χ3n) is 2.07. The van der Waals surface area contributed by atoms with Crippen LogP contribution < -0.4 is 0 Å². The molecule has 2 N–H and O–H groups in total. The van der Waals surface area contributed by atoms with E-state index in [0.29, 0.717) is 6.61 Å². The molecule has 1 rings (SSSR count). The first-order valence-corrected chi connectivity index (χ1v) is 4.43. The molecular weight excluding hydrogens is 188 g/mol. The van der Waals surface area contributed by atoms with Crippen molar-refractivity contribution >= 4 is 0 Å². The molecule has 4 atom stereocenters. The normalized spacial score (nSPS) is 37.4. The first-order valence-electron chi connectivity index (χ1n) is 4.43. The lowest BCUT2D eigenvalue weighted by atomic mass is 10.1. The first-order chi connectivity index (χ1) is 6.70. The summed E-state index contributed by atoms with van der Waals surface area (Å²) in [6.07, 6.45) is -1.70. The minimum absolute atomic E-state index is 0.212. The standard InChI is InChI=1S/C9H16O5/c1-3-4-13-5-6-7(10)8(11)9(12-2)14-6/h3,6-11H,1,4-5H2,2H3/t6-,7-,8-,9?/m1/s1. The molecular formula is C9H16O5. The van der Waals surface area contributed by atoms with Crippen molar-refractivity contribution in [1.29, 1.82) is 0 Å². The smallest absolute Gasteiger partial charge is 0.186 e. The summed E-state index contributed by atoms with van der Waals surface area (Å²) in [5.74, 6) is 0. The van der Waals surface area contributed by atoms with Crippen LogP contribution >= 0.6 is 0 Å². The van der Waals surface area contributed by atoms with Crippen LogP contribution in [0.4, 0.5) is 0 Å². The third-order valence-corrected chi connectivity index (χ3v) is 2.07. The maximum Gasteiger partial charge on any atom is 0.186 e. The van der Waals surface area contributed by atoms with Gasteiger partial charge in [-0.3, -0.25) is 0 Å². The van der Waals surface area contributed by atoms with Gasteiger partial charge in [-0.25, -0.2) is 0 Å². The van der Waals surface area contributed by atoms with Gasteiger partial charge >= 0.3 is 0 Å². The van der Waals surface area contributed by atoms with Crippen molar-refractivity contribution in [3.8, 4) is 0 Å². The molecule has 82 valence electrons. The van der Waals surface area contributed by atoms with Gasteiger partial charge in [0.15, 0.2) is 6.29 Å². The topological polar surface area (TPSA) is 68.2 Å². The van der Waals surface area contributed by atoms with E-state index in [4.69, 9.17) is 14.2 Å². The van der Waals surface area contributed by atoms with Crippen molar-refractivity contribution in [3.05, 3.63) is 12.7 Å². The monoisotopic (exact) mass is 204 g/mol. The zero-order chi connectivity index (χ0) is 10.6. The highest BCUT2D eigenvalue weighted by Crippen LogP contribution is 2.21. The molecule has 0 spiro atoms. The summed E-state index contributed by atoms with van der Waals surface area (Å²) in [6.45, 7) is 4.09. The van der Waals surface area contributed by atoms with E-state index in [1.165, 1.54) is 7.11 Å². The predicted octanol–water partition coefficient (Wildman–Crippen LogP) is -0.718. The lowest BCUT2D eigenvalue weighted by Gasteiger charge is -2.13. The number of ether oxygens (including phenoxy) is 3. The Morgan fingerprint density at radius 2 is 2.14 bits per heavy atom. The van der Waals surface area contributed by atoms with Crippen molar-refractivity contribution in [1.82, 2.24) is 0 Å². The molecule has 1 fully saturated rings. The Labute approximate surface area is 82.9 Å². The predicted molar refractivity (Wildman–Crippen MR) is 48.7 cm³/mol. The van der Waals surface area contributed by atoms with E-state index in [2.05, 4.69) is 6.58 Å². The Balaban J connectivity index is 2.36. The van der Waals surface area contributed by atoms with Gasteiger partial charge in [0.05, 0.1) is 13.2 Å². The molecule has 5 heteroatoms. The molecule has 0 amide bonds. The molecule has 14 heavy (non-hydrogen) atoms. The highest BCUT2D eigenvalue weighted by atomic mass is 16.7. The molecule has 0 aromatic heterocycles. The fraction of sp³-hybridized carbons (Fsp3) is 0.778. The molecule has 0 aromatic rings. The van der Waals surface area contributed by atoms with Crippen LogP contribution in [0.5, 0.6) is 0 Å². The molecule has 1 aliphatic heterocycles. The van der Waals surface area contributed by atoms with Gasteiger partial charge in [0.1, 0.15) is 18.3 Å². The second kappa shape index (κ2) is 5.43. The Morgan fingerprint density at radius 1 is 1.43 bits per heavy atom. The minimum atomic E-state index is -1.02. The van der Waals surface area contributed by atoms with Crippen molar-refractivity contribution < 1.29 is 24.4 Å². The van der Waals surface area contributed by atoms with Crippen LogP contribution in [0, 0.1) is 0 Å². The van der Waals surface area contributed by atoms with E-state index in [1.807, 2.05) is 0 Å². The number of hydrogen-bond acceptors (Lipinski definition) is 5. The molecule has 0 saturated carbocycles. The third kappa shape index (κ3) is 2.52. The van der Waals surface area contributed by atoms with Crippen LogP contribution in [-0.4, -0.2) is 55.1 Å². The summed E-state index contributed by atoms with van der Waals surface area (Å²) in [4.78, 5) is 0. The molecule has 0 aliphatic carbocycles. The summed E-state index contributed by atoms with van der Waals surface area (Å²) < 4.78 is 15.1. The molecule has 0 bridgehead atoms. The van der Waals surface area contributed by atoms with Crippen LogP contribution in [0.3, 0.4) is 0 Å². The maximum atomic E-state index is 9.50. The van der Waals surface area contributed by atoms with E-state index >= 15 is 0 Å². The SMILES string of the molecule is C=CCOC[C@H]1OC(OC)[C@H](O)[C@@H]1O. The van der Waals surface area contributed by atoms with Gasteiger partial charge < -0.3 is 24.4 Å². The zero-order valence-corrected chi connectivity index (χ0v) is 8.13. The van der Waals surface area contributed by atoms with Crippen LogP contribution in [-0.2, 0) is 14.2 Å². The second-order valence-corrected chi connectivity index (χ2v) is 3.09. The van der Waals surface area contributed by atoms with Crippen molar-refractivity contribution in [2.24, 2.45) is 0 Å². The van der Waals surface area contributed by atoms with Gasteiger partial charge in [-0.05, 0) is 0 Å². The van der Waals surface area contributed by atoms with Gasteiger partial charge in [0.25, 0.3) is 0 Å². The zero-order valence-electron chi connectivity index (χ0n) is 8.13. The van der Waals surface area contributed by atoms with Gasteiger partial charge in [0, 0.05) is 7.11 Å². The Bertz CT molecular complexity index is 184. The van der Waals surface area contributed by atoms with E-state index in [0.717, 1.165) is 0 Å². The van der Waals surface area contributed by atoms with Crippen molar-refractivity contribution in [2.75, 3.05) is 20.3 Å². The average Bonchev–Trinajstić information content (AvgIpc) is 2.46. The average molecular weight is 204 g/mol. The van der Waals surface area contributed by atoms with E-state index in [-0.39, 0.29) is 6.61 Å². The first kappa shape index (κ1) is 11.6. The van der Waals surface area contributed by atoms with Gasteiger partial charge in [-0.1, -0.05) is 6.08 Å². The van der Waals surface area contributed by atoms with E-state index < -0.39 is 24.6 Å². The highest BCUT2D eigenvalue weighted by Gasteiger charge is 2.42. The summed E-state index contributed by atoms with van der Waals surface area (Å²) in [5.41, 5.74) is 0. The number of aliphatic hydroxyl groups is 2. The molecule has 0 aromatic carbocycles. The maximum absolute atomic E-state index is 9.50. The number of methoxy groups -OCH3 is 1. The lowest BCUT2D eigenvalue weighted by molar-refractivity contribution is -0.155. The van der Waals surface area contributed by atoms with E-state index in [9.17, 15) is 10.2 Å². The molecule has 1 aliphatic rings. The summed E-state index contributed by atoms with van der Waals surface area (Å²) in [5, 5.41) is 18.9. The van der Waals surface area contributed by atoms with Crippen LogP contribution in [0.1, 0.15) is 0 Å². The van der Waals surface area contributed by atoms with Crippen molar-refractivity contribution in [3.63, 3.8) is 0 Å². The summed E-state index contributed by atoms with van der Waals surface area (Å²) in [7, 11) is 1.41. The highest BCUT2D eigenvalue weighted by molar-refractivity contribution is 4.86. The molecule has 1 unspecified atom stereocenters. The number of aliphatic hydroxyl groups excluding tert-OH is 2. The van der Waals surface area contributed by atoms with Gasteiger partial charge in [0.2, 0.25) is 0 Å². The summed E-state index contributed by atoms with van der Waals surface area (Å²) in [6, 6.07) is 0. The molecule has 1 saturated heterocycles. The Morgan fingerprint density at radius 3 is 2.64 bits per heavy atom. The van der Waals surface area contributed by atoms with Gasteiger partial charge in [-0.15, -0.1) is 6.58 Å². The number of rotatable bonds is 5. The molecule has 0 radical (unpaired) electrons. The second-order valence-electron chi connectivity index (χ2n) is 3.09. The molecule has 5 nitrogen and oxygen atoms in total. The quantitative estimate of drug-likeness (QED) is 0.457. The minimum Gasteiger partial charge on any atom is -0.387 e. The fourth-order valence-electron chi connectivity index (χ4n) is 1.31. The Hall–Kier alpha value is -0.460. The lowest BCUT2D eigenvalue weighted by Crippen LogP contribution is -2.34. The Kier molecular flexibility index (Phi) is 4.50. The van der Waals surface area contributed by atoms with Crippen LogP contribution in [0.2, 0.25) is 0 Å². The van der Waals surface area contributed by atoms with E-state index in [1.54, 1.807) is 6.08 Å². The van der Waals surface area contributed by atoms with Gasteiger partial charge in [-0.2, -0.15) is 0 Å². The van der Waals surface area contributed by atoms with Crippen LogP contribution in [0.15, 0.2) is 12.7 Å². The van der Waals surface area contributed by atoms with Crippen LogP contribution in [0.25, 0.3) is 0 Å². The number of hydrogen-bond donors (Lipinski definition) is 2. The largest absolute Gasteiger partial charge is 0.387 e. The molecule has 1 heterocycles. The van der Waals surface area contributed by atoms with Crippen molar-refractivity contribution in [2.45, 2.75) is 24.6 Å². The fourth-order valence-corrected chi connectivity index (χ4v) is 1.31.